The molecule has 42 nitrogen and oxygen atoms in total. The number of hydrogen-bond donors (Lipinski definition) is 21. The molecule has 2 aliphatic heterocycles. The molecular weight excluding hydrogens is 1450 g/mol. The highest BCUT2D eigenvalue weighted by Gasteiger charge is 2.54. The Morgan fingerprint density at radius 2 is 1.41 bits per heavy atom. The van der Waals surface area contributed by atoms with Crippen molar-refractivity contribution < 1.29 is 112 Å². The molecular formula is C63H97N19O23S2. The molecule has 6 rings (SSSR count). The van der Waals surface area contributed by atoms with Crippen LogP contribution in [0.15, 0.2) is 23.3 Å². The number of nitrogen functional groups attached to an aromatic ring is 1. The third-order valence-electron chi connectivity index (χ3n) is 17.3. The van der Waals surface area contributed by atoms with Crippen LogP contribution in [0.25, 0.3) is 10.7 Å². The molecule has 4 aromatic heterocycles. The van der Waals surface area contributed by atoms with Crippen molar-refractivity contribution >= 4 is 87.7 Å². The first-order valence-corrected chi connectivity index (χ1v) is 36.0. The van der Waals surface area contributed by atoms with Gasteiger partial charge in [-0.15, -0.1) is 22.7 Å². The molecule has 44 heteroatoms. The zero-order valence-corrected chi connectivity index (χ0v) is 61.1. The number of ether oxygens (including phenoxy) is 5. The normalized spacial score (nSPS) is 22.6. The number of amides is 10. The number of aliphatic hydroxyl groups is 8. The van der Waals surface area contributed by atoms with Gasteiger partial charge >= 0.3 is 6.09 Å². The predicted molar refractivity (Wildman–Crippen MR) is 374 cm³/mol. The van der Waals surface area contributed by atoms with E-state index in [-0.39, 0.29) is 66.5 Å². The number of carbonyl (C=O) groups excluding carboxylic acids is 10. The van der Waals surface area contributed by atoms with Gasteiger partial charge in [-0.3, -0.25) is 43.2 Å². The average Bonchev–Trinajstić information content (AvgIpc) is 1.02. The second kappa shape index (κ2) is 41.6. The molecule has 19 atom stereocenters. The number of anilines is 1. The summed E-state index contributed by atoms with van der Waals surface area (Å²) in [5.74, 6) is -8.99. The number of nitrogens with zero attached hydrogens (tertiary/aromatic N) is 6. The van der Waals surface area contributed by atoms with Crippen molar-refractivity contribution in [3.8, 4) is 10.7 Å². The minimum absolute atomic E-state index is 0.0167. The van der Waals surface area contributed by atoms with Crippen LogP contribution in [0.5, 0.6) is 0 Å². The smallest absolute Gasteiger partial charge is 0.404 e. The fraction of sp³-hybridized carbons (Fsp3) is 0.635. The molecule has 0 aromatic carbocycles. The van der Waals surface area contributed by atoms with Gasteiger partial charge in [0.1, 0.15) is 94.6 Å². The lowest BCUT2D eigenvalue weighted by atomic mass is 9.96. The Kier molecular flexibility index (Phi) is 33.9. The number of aliphatic hydroxyl groups excluding tert-OH is 8. The molecule has 2 aliphatic rings. The first kappa shape index (κ1) is 87.2. The summed E-state index contributed by atoms with van der Waals surface area (Å²) in [4.78, 5) is 157. The maximum absolute atomic E-state index is 15.2. The number of aromatic nitrogens is 6. The van der Waals surface area contributed by atoms with E-state index in [9.17, 15) is 84.0 Å². The van der Waals surface area contributed by atoms with Gasteiger partial charge in [-0.25, -0.2) is 29.7 Å². The molecule has 10 amide bonds. The molecule has 0 spiro atoms. The van der Waals surface area contributed by atoms with E-state index in [0.29, 0.717) is 67.4 Å². The number of aromatic amines is 1. The lowest BCUT2D eigenvalue weighted by Crippen LogP contribution is -2.65. The highest BCUT2D eigenvalue weighted by molar-refractivity contribution is 7.14. The number of rotatable bonds is 42. The number of unbranched alkanes of at least 4 members (excludes halogenated alkanes) is 1. The number of H-pyrrole nitrogens is 1. The maximum Gasteiger partial charge on any atom is 0.404 e. The summed E-state index contributed by atoms with van der Waals surface area (Å²) in [6.07, 6.45) is -22.7. The number of nitrogens with two attached hydrogens (primary N) is 5. The summed E-state index contributed by atoms with van der Waals surface area (Å²) in [7, 11) is 0. The molecule has 0 saturated carbocycles. The molecule has 6 heterocycles. The largest absolute Gasteiger partial charge is 0.441 e. The van der Waals surface area contributed by atoms with Gasteiger partial charge in [-0.2, -0.15) is 0 Å². The third kappa shape index (κ3) is 24.4. The van der Waals surface area contributed by atoms with Crippen molar-refractivity contribution in [3.63, 3.8) is 0 Å². The Hall–Kier alpha value is -8.71. The van der Waals surface area contributed by atoms with E-state index in [4.69, 9.17) is 52.4 Å². The van der Waals surface area contributed by atoms with Gasteiger partial charge in [0.25, 0.3) is 11.8 Å². The molecule has 26 N–H and O–H groups in total. The highest BCUT2D eigenvalue weighted by atomic mass is 32.1. The van der Waals surface area contributed by atoms with E-state index in [1.807, 2.05) is 0 Å². The number of primary amides is 3. The molecule has 0 radical (unpaired) electrons. The predicted octanol–water partition coefficient (Wildman–Crippen LogP) is -7.04. The molecule has 0 unspecified atom stereocenters. The summed E-state index contributed by atoms with van der Waals surface area (Å²) in [6.45, 7) is 7.84. The van der Waals surface area contributed by atoms with Crippen LogP contribution in [0.1, 0.15) is 128 Å². The standard InChI is InChI=1S/C63H97N19O23S2/c1-7-38(87)70-13-9-10-16-82(40(88)8-2)17-11-14-71-56(96)33-23-107-60(77-33)34-24-106-39(76-34)12-15-72-57(97)42(29(6)85)79-55(95)27(4)44(89)28(5)75-59(99)43(80-58(98)41-26(3)52(66)81-54(78-41)31(18-37(65)86)73-19-30(64)53(67)94)49(32-20-69-25-74-32)103-62-51(47(92)45(90)35(21-83)102-62)104-61-48(93)50(105-63(68)100)46(91)36(22-84)101-61/h20,23-25,27-31,35-36,42-51,61-62,73,83-85,89-93H,7-19,21-22,64H2,1-6H3,(H2,65,86)(H2,67,94)(H2,68,100)(H,69,74)(H,70,87)(H,71,96)(H,72,97)(H,75,99)(H,79,95)(H,80,98)(H2,66,78,81)/t27-,28+,29+,30-,31-,35-,36+,42-,43-,44-,45+,46+,47-,48-,49-,50-,51-,61+,62-/m0/s1. The van der Waals surface area contributed by atoms with Crippen molar-refractivity contribution in [2.45, 2.75) is 196 Å². The second-order valence-electron chi connectivity index (χ2n) is 25.3. The van der Waals surface area contributed by atoms with E-state index in [2.05, 4.69) is 67.1 Å². The summed E-state index contributed by atoms with van der Waals surface area (Å²) in [5, 5.41) is 111. The van der Waals surface area contributed by atoms with Crippen LogP contribution in [0.4, 0.5) is 10.6 Å². The maximum atomic E-state index is 15.2. The number of carbonyl (C=O) groups is 10. The van der Waals surface area contributed by atoms with Gasteiger partial charge in [0.2, 0.25) is 41.4 Å². The van der Waals surface area contributed by atoms with Crippen molar-refractivity contribution in [2.75, 3.05) is 58.2 Å². The number of hydrogen-bond acceptors (Lipinski definition) is 33. The Bertz CT molecular complexity index is 3640. The van der Waals surface area contributed by atoms with Crippen LogP contribution in [0.2, 0.25) is 0 Å². The molecule has 2 fully saturated rings. The quantitative estimate of drug-likeness (QED) is 0.0183. The van der Waals surface area contributed by atoms with E-state index in [1.54, 1.807) is 29.5 Å². The van der Waals surface area contributed by atoms with Gasteiger partial charge in [0.05, 0.1) is 72.7 Å². The molecule has 2 saturated heterocycles. The Labute approximate surface area is 620 Å². The zero-order valence-electron chi connectivity index (χ0n) is 59.5. The molecule has 107 heavy (non-hydrogen) atoms. The summed E-state index contributed by atoms with van der Waals surface area (Å²) >= 11 is 2.43. The van der Waals surface area contributed by atoms with Crippen molar-refractivity contribution in [3.05, 3.63) is 56.8 Å². The Balaban J connectivity index is 1.18. The summed E-state index contributed by atoms with van der Waals surface area (Å²) in [6, 6.07) is -7.94. The SMILES string of the molecule is CCC(=O)NCCCCN(CCCNC(=O)c1csc(-c2csc(CCNC(=O)[C@@H](NC(=O)[C@@H](C)[C@H](O)[C@@H](C)NC(=O)[C@@H](NC(=O)c3nc([C@H](CC(N)=O)NC[C@H](N)C(N)=O)nc(N)c3C)[C@@H](O[C@@H]3O[C@@H](CO)[C@@H](O)[C@H](O)[C@@H]3O[C@H]3O[C@H](CO)[C@@H](O)[C@H](OC(N)=O)[C@@H]3O)c3cnc[nH]3)[C@@H](C)O)n2)n1)C(=O)CC. The van der Waals surface area contributed by atoms with Gasteiger partial charge in [-0.1, -0.05) is 20.8 Å². The number of nitrogens with one attached hydrogen (secondary N) is 8. The van der Waals surface area contributed by atoms with Crippen LogP contribution in [0, 0.1) is 12.8 Å². The zero-order chi connectivity index (χ0) is 79.1. The van der Waals surface area contributed by atoms with Crippen LogP contribution in [-0.2, 0) is 63.7 Å². The lowest BCUT2D eigenvalue weighted by Gasteiger charge is -2.47. The second-order valence-corrected chi connectivity index (χ2v) is 27.1. The molecule has 594 valence electrons. The minimum atomic E-state index is -2.21. The van der Waals surface area contributed by atoms with Crippen LogP contribution >= 0.6 is 22.7 Å². The average molecular weight is 1550 g/mol. The first-order valence-electron chi connectivity index (χ1n) is 34.2. The first-order chi connectivity index (χ1) is 50.7. The lowest BCUT2D eigenvalue weighted by molar-refractivity contribution is -0.372. The van der Waals surface area contributed by atoms with Crippen molar-refractivity contribution in [2.24, 2.45) is 28.9 Å². The Morgan fingerprint density at radius 1 is 0.729 bits per heavy atom. The minimum Gasteiger partial charge on any atom is -0.441 e. The van der Waals surface area contributed by atoms with Crippen LogP contribution in [-0.4, -0.2) is 285 Å². The topological polar surface area (TPSA) is 676 Å². The molecule has 4 aromatic rings. The Morgan fingerprint density at radius 3 is 2.05 bits per heavy atom. The molecule has 0 bridgehead atoms. The van der Waals surface area contributed by atoms with Crippen LogP contribution < -0.4 is 65.9 Å². The number of imidazole rings is 1. The summed E-state index contributed by atoms with van der Waals surface area (Å²) < 4.78 is 28.8. The van der Waals surface area contributed by atoms with E-state index < -0.39 is 189 Å². The van der Waals surface area contributed by atoms with Gasteiger partial charge in [0, 0.05) is 81.3 Å². The van der Waals surface area contributed by atoms with Crippen molar-refractivity contribution in [1.82, 2.24) is 72.0 Å². The van der Waals surface area contributed by atoms with Crippen molar-refractivity contribution in [1.29, 1.82) is 0 Å². The third-order valence-corrected chi connectivity index (χ3v) is 19.1. The number of thiazole rings is 2. The van der Waals surface area contributed by atoms with E-state index in [1.165, 1.54) is 50.4 Å². The monoisotopic (exact) mass is 1550 g/mol. The van der Waals surface area contributed by atoms with Crippen LogP contribution in [0.3, 0.4) is 0 Å². The van der Waals surface area contributed by atoms with Gasteiger partial charge < -0.3 is 140 Å². The van der Waals surface area contributed by atoms with E-state index in [0.717, 1.165) is 12.5 Å². The fourth-order valence-corrected chi connectivity index (χ4v) is 12.7. The van der Waals surface area contributed by atoms with Gasteiger partial charge in [0.15, 0.2) is 18.7 Å². The fourth-order valence-electron chi connectivity index (χ4n) is 11.1. The molecule has 0 aliphatic carbocycles. The summed E-state index contributed by atoms with van der Waals surface area (Å²) in [5.41, 5.74) is 27.9. The highest BCUT2D eigenvalue weighted by Crippen LogP contribution is 2.35. The van der Waals surface area contributed by atoms with E-state index >= 15 is 4.79 Å². The van der Waals surface area contributed by atoms with Gasteiger partial charge in [-0.05, 0) is 40.0 Å².